The van der Waals surface area contributed by atoms with Gasteiger partial charge in [-0.3, -0.25) is 5.41 Å². The molecule has 8 nitrogen and oxygen atoms in total. The van der Waals surface area contributed by atoms with E-state index in [0.29, 0.717) is 49.9 Å². The van der Waals surface area contributed by atoms with Gasteiger partial charge >= 0.3 is 6.09 Å². The van der Waals surface area contributed by atoms with E-state index in [1.807, 2.05) is 11.8 Å². The van der Waals surface area contributed by atoms with Crippen LogP contribution < -0.4 is 9.64 Å². The molecule has 2 fully saturated rings. The quantitative estimate of drug-likeness (QED) is 0.712. The number of aromatic nitrogens is 2. The summed E-state index contributed by atoms with van der Waals surface area (Å²) in [7, 11) is 0. The Morgan fingerprint density at radius 2 is 1.94 bits per heavy atom. The number of piperazine rings is 1. The molecule has 1 saturated heterocycles. The molecule has 0 radical (unpaired) electrons. The number of nitrogens with one attached hydrogen (secondary N) is 1. The van der Waals surface area contributed by atoms with E-state index in [9.17, 15) is 9.18 Å². The van der Waals surface area contributed by atoms with Crippen molar-refractivity contribution < 1.29 is 18.7 Å². The van der Waals surface area contributed by atoms with E-state index in [1.165, 1.54) is 12.4 Å². The van der Waals surface area contributed by atoms with Crippen molar-refractivity contribution in [2.45, 2.75) is 32.3 Å². The minimum absolute atomic E-state index is 0.159. The summed E-state index contributed by atoms with van der Waals surface area (Å²) >= 11 is 0. The molecule has 0 spiro atoms. The second kappa shape index (κ2) is 8.49. The van der Waals surface area contributed by atoms with Gasteiger partial charge in [0.2, 0.25) is 0 Å². The maximum absolute atomic E-state index is 14.2. The van der Waals surface area contributed by atoms with Crippen molar-refractivity contribution in [2.75, 3.05) is 37.7 Å². The third-order valence-electron chi connectivity index (χ3n) is 5.57. The highest BCUT2D eigenvalue weighted by Gasteiger charge is 2.40. The SMILES string of the molecule is CCOC(=O)N1CCN(c2cc(C(=N)c3ccc(F)c(OC4(C)CC4)c3)ncn2)CC1. The van der Waals surface area contributed by atoms with Gasteiger partial charge in [-0.05, 0) is 44.9 Å². The van der Waals surface area contributed by atoms with Crippen molar-refractivity contribution in [1.82, 2.24) is 14.9 Å². The molecular formula is C22H26FN5O3. The third kappa shape index (κ3) is 4.76. The van der Waals surface area contributed by atoms with E-state index < -0.39 is 5.82 Å². The Labute approximate surface area is 180 Å². The molecule has 31 heavy (non-hydrogen) atoms. The molecule has 0 bridgehead atoms. The zero-order chi connectivity index (χ0) is 22.0. The lowest BCUT2D eigenvalue weighted by Crippen LogP contribution is -2.49. The van der Waals surface area contributed by atoms with Crippen molar-refractivity contribution in [3.63, 3.8) is 0 Å². The van der Waals surface area contributed by atoms with Gasteiger partial charge in [0.1, 0.15) is 17.7 Å². The number of hydrogen-bond donors (Lipinski definition) is 1. The topological polar surface area (TPSA) is 91.6 Å². The predicted molar refractivity (Wildman–Crippen MR) is 113 cm³/mol. The van der Waals surface area contributed by atoms with Crippen LogP contribution in [0, 0.1) is 11.2 Å². The maximum atomic E-state index is 14.2. The second-order valence-corrected chi connectivity index (χ2v) is 8.01. The molecule has 164 valence electrons. The molecule has 9 heteroatoms. The molecule has 1 aliphatic heterocycles. The number of ether oxygens (including phenoxy) is 2. The van der Waals surface area contributed by atoms with Crippen LogP contribution in [0.1, 0.15) is 37.9 Å². The van der Waals surface area contributed by atoms with E-state index in [0.717, 1.165) is 12.8 Å². The monoisotopic (exact) mass is 427 g/mol. The number of carbonyl (C=O) groups excluding carboxylic acids is 1. The summed E-state index contributed by atoms with van der Waals surface area (Å²) in [6.07, 6.45) is 2.91. The fraction of sp³-hybridized carbons (Fsp3) is 0.455. The average Bonchev–Trinajstić information content (AvgIpc) is 3.52. The molecule has 1 N–H and O–H groups in total. The van der Waals surface area contributed by atoms with E-state index in [2.05, 4.69) is 9.97 Å². The highest BCUT2D eigenvalue weighted by atomic mass is 19.1. The zero-order valence-electron chi connectivity index (χ0n) is 17.7. The summed E-state index contributed by atoms with van der Waals surface area (Å²) in [4.78, 5) is 24.2. The Morgan fingerprint density at radius 1 is 1.19 bits per heavy atom. The number of rotatable bonds is 6. The number of hydrogen-bond acceptors (Lipinski definition) is 7. The van der Waals surface area contributed by atoms with Gasteiger partial charge in [0.15, 0.2) is 11.6 Å². The summed E-state index contributed by atoms with van der Waals surface area (Å²) < 4.78 is 25.0. The van der Waals surface area contributed by atoms with E-state index >= 15 is 0 Å². The van der Waals surface area contributed by atoms with Gasteiger partial charge in [-0.2, -0.15) is 0 Å². The molecular weight excluding hydrogens is 401 g/mol. The van der Waals surface area contributed by atoms with Gasteiger partial charge in [-0.15, -0.1) is 0 Å². The first-order valence-corrected chi connectivity index (χ1v) is 10.4. The average molecular weight is 427 g/mol. The number of benzene rings is 1. The summed E-state index contributed by atoms with van der Waals surface area (Å²) in [6, 6.07) is 6.18. The number of halogens is 1. The third-order valence-corrected chi connectivity index (χ3v) is 5.57. The smallest absolute Gasteiger partial charge is 0.409 e. The van der Waals surface area contributed by atoms with Crippen molar-refractivity contribution in [1.29, 1.82) is 5.41 Å². The van der Waals surface area contributed by atoms with Gasteiger partial charge in [0.25, 0.3) is 0 Å². The van der Waals surface area contributed by atoms with E-state index in [1.54, 1.807) is 30.0 Å². The van der Waals surface area contributed by atoms with Crippen LogP contribution in [0.25, 0.3) is 0 Å². The Morgan fingerprint density at radius 3 is 2.61 bits per heavy atom. The van der Waals surface area contributed by atoms with E-state index in [-0.39, 0.29) is 23.2 Å². The van der Waals surface area contributed by atoms with Crippen LogP contribution in [0.2, 0.25) is 0 Å². The summed E-state index contributed by atoms with van der Waals surface area (Å²) in [6.45, 7) is 6.37. The molecule has 2 heterocycles. The predicted octanol–water partition coefficient (Wildman–Crippen LogP) is 3.24. The van der Waals surface area contributed by atoms with Crippen molar-refractivity contribution >= 4 is 17.6 Å². The van der Waals surface area contributed by atoms with Gasteiger partial charge in [0, 0.05) is 37.8 Å². The molecule has 1 amide bonds. The van der Waals surface area contributed by atoms with E-state index in [4.69, 9.17) is 14.9 Å². The largest absolute Gasteiger partial charge is 0.484 e. The molecule has 1 aromatic carbocycles. The Bertz CT molecular complexity index is 987. The van der Waals surface area contributed by atoms with Crippen LogP contribution in [0.4, 0.5) is 15.0 Å². The number of anilines is 1. The van der Waals surface area contributed by atoms with Crippen molar-refractivity contribution in [3.05, 3.63) is 47.7 Å². The van der Waals surface area contributed by atoms with Crippen molar-refractivity contribution in [3.8, 4) is 5.75 Å². The van der Waals surface area contributed by atoms with Gasteiger partial charge in [-0.25, -0.2) is 19.2 Å². The van der Waals surface area contributed by atoms with Crippen molar-refractivity contribution in [2.24, 2.45) is 0 Å². The molecule has 2 aromatic rings. The molecule has 0 unspecified atom stereocenters. The minimum atomic E-state index is -0.437. The van der Waals surface area contributed by atoms with Gasteiger partial charge in [-0.1, -0.05) is 0 Å². The minimum Gasteiger partial charge on any atom is -0.484 e. The number of amides is 1. The number of carbonyl (C=O) groups is 1. The molecule has 4 rings (SSSR count). The zero-order valence-corrected chi connectivity index (χ0v) is 17.7. The normalized spacial score (nSPS) is 17.3. The van der Waals surface area contributed by atoms with Crippen LogP contribution >= 0.6 is 0 Å². The fourth-order valence-corrected chi connectivity index (χ4v) is 3.42. The first-order chi connectivity index (χ1) is 14.9. The first kappa shape index (κ1) is 21.0. The fourth-order valence-electron chi connectivity index (χ4n) is 3.42. The van der Waals surface area contributed by atoms with Crippen LogP contribution in [0.3, 0.4) is 0 Å². The Kier molecular flexibility index (Phi) is 5.75. The summed E-state index contributed by atoms with van der Waals surface area (Å²) in [5.74, 6) is 0.404. The first-order valence-electron chi connectivity index (χ1n) is 10.4. The summed E-state index contributed by atoms with van der Waals surface area (Å²) in [5, 5.41) is 8.57. The molecule has 2 aliphatic rings. The highest BCUT2D eigenvalue weighted by Crippen LogP contribution is 2.40. The standard InChI is InChI=1S/C22H26FN5O3/c1-3-30-21(29)28-10-8-27(9-11-28)19-13-17(25-14-26-19)20(24)15-4-5-16(23)18(12-15)31-22(2)6-7-22/h4-5,12-14,24H,3,6-11H2,1-2H3. The number of nitrogens with zero attached hydrogens (tertiary/aromatic N) is 4. The van der Waals surface area contributed by atoms with Gasteiger partial charge in [0.05, 0.1) is 18.0 Å². The lowest BCUT2D eigenvalue weighted by atomic mass is 10.1. The lowest BCUT2D eigenvalue weighted by molar-refractivity contribution is 0.105. The second-order valence-electron chi connectivity index (χ2n) is 8.01. The van der Waals surface area contributed by atoms with Crippen LogP contribution in [-0.4, -0.2) is 65.1 Å². The Balaban J connectivity index is 1.47. The molecule has 1 aromatic heterocycles. The van der Waals surface area contributed by atoms with Crippen LogP contribution in [0.15, 0.2) is 30.6 Å². The van der Waals surface area contributed by atoms with Gasteiger partial charge < -0.3 is 19.3 Å². The summed E-state index contributed by atoms with van der Waals surface area (Å²) in [5.41, 5.74) is 0.820. The van der Waals surface area contributed by atoms with Crippen LogP contribution in [-0.2, 0) is 4.74 Å². The maximum Gasteiger partial charge on any atom is 0.409 e. The molecule has 0 atom stereocenters. The molecule has 1 aliphatic carbocycles. The lowest BCUT2D eigenvalue weighted by Gasteiger charge is -2.34. The van der Waals surface area contributed by atoms with Crippen LogP contribution in [0.5, 0.6) is 5.75 Å². The Hall–Kier alpha value is -3.23. The highest BCUT2D eigenvalue weighted by molar-refractivity contribution is 6.10. The molecule has 1 saturated carbocycles.